The maximum atomic E-state index is 13.4. The lowest BCUT2D eigenvalue weighted by Gasteiger charge is -2.17. The molecular weight excluding hydrogens is 269 g/mol. The summed E-state index contributed by atoms with van der Waals surface area (Å²) in [6, 6.07) is 4.03. The first kappa shape index (κ1) is 15.4. The van der Waals surface area contributed by atoms with Crippen LogP contribution in [0.4, 0.5) is 10.1 Å². The van der Waals surface area contributed by atoms with Gasteiger partial charge in [0.2, 0.25) is 0 Å². The average molecular weight is 291 g/mol. The van der Waals surface area contributed by atoms with Crippen LogP contribution in [-0.2, 0) is 0 Å². The number of rotatable bonds is 4. The van der Waals surface area contributed by atoms with Gasteiger partial charge in [0, 0.05) is 11.6 Å². The van der Waals surface area contributed by atoms with Gasteiger partial charge in [0.15, 0.2) is 0 Å². The minimum Gasteiger partial charge on any atom is -0.508 e. The molecule has 114 valence electrons. The van der Waals surface area contributed by atoms with Crippen molar-refractivity contribution in [1.29, 1.82) is 0 Å². The Hall–Kier alpha value is -2.04. The van der Waals surface area contributed by atoms with E-state index in [-0.39, 0.29) is 23.7 Å². The quantitative estimate of drug-likeness (QED) is 0.891. The van der Waals surface area contributed by atoms with Crippen molar-refractivity contribution in [3.63, 3.8) is 0 Å². The molecule has 4 nitrogen and oxygen atoms in total. The van der Waals surface area contributed by atoms with E-state index in [4.69, 9.17) is 0 Å². The predicted octanol–water partition coefficient (Wildman–Crippen LogP) is 4.10. The van der Waals surface area contributed by atoms with E-state index in [1.54, 1.807) is 0 Å². The first-order valence-electron chi connectivity index (χ1n) is 7.12. The van der Waals surface area contributed by atoms with Gasteiger partial charge in [-0.1, -0.05) is 0 Å². The first-order chi connectivity index (χ1) is 9.81. The number of hydrogen-bond donors (Lipinski definition) is 2. The summed E-state index contributed by atoms with van der Waals surface area (Å²) in [5.74, 6) is -0.272. The molecule has 1 aromatic carbocycles. The average Bonchev–Trinajstić information content (AvgIpc) is 2.69. The third kappa shape index (κ3) is 3.01. The standard InChI is InChI=1S/C16H22FN3O/c1-9(2)20-12(5)16(11(4)19-20)18-10(3)14-8-13(17)6-7-15(14)21/h6-10,18,21H,1-5H3. The van der Waals surface area contributed by atoms with Gasteiger partial charge in [-0.05, 0) is 52.8 Å². The van der Waals surface area contributed by atoms with E-state index in [0.717, 1.165) is 17.1 Å². The summed E-state index contributed by atoms with van der Waals surface area (Å²) in [6.07, 6.45) is 0. The Balaban J connectivity index is 2.32. The van der Waals surface area contributed by atoms with Crippen LogP contribution in [-0.4, -0.2) is 14.9 Å². The molecule has 0 aliphatic rings. The summed E-state index contributed by atoms with van der Waals surface area (Å²) in [5, 5.41) is 17.7. The molecule has 0 aliphatic heterocycles. The van der Waals surface area contributed by atoms with Crippen LogP contribution < -0.4 is 5.32 Å². The summed E-state index contributed by atoms with van der Waals surface area (Å²) in [4.78, 5) is 0. The molecule has 0 amide bonds. The molecule has 0 saturated carbocycles. The van der Waals surface area contributed by atoms with E-state index in [1.165, 1.54) is 18.2 Å². The summed E-state index contributed by atoms with van der Waals surface area (Å²) in [7, 11) is 0. The number of nitrogens with one attached hydrogen (secondary N) is 1. The number of hydrogen-bond acceptors (Lipinski definition) is 3. The third-order valence-corrected chi connectivity index (χ3v) is 3.63. The van der Waals surface area contributed by atoms with Crippen LogP contribution in [0.3, 0.4) is 0 Å². The van der Waals surface area contributed by atoms with Crippen molar-refractivity contribution in [2.45, 2.75) is 46.7 Å². The van der Waals surface area contributed by atoms with Crippen molar-refractivity contribution in [2.75, 3.05) is 5.32 Å². The van der Waals surface area contributed by atoms with E-state index in [1.807, 2.05) is 25.5 Å². The van der Waals surface area contributed by atoms with Gasteiger partial charge in [0.1, 0.15) is 11.6 Å². The van der Waals surface area contributed by atoms with Crippen LogP contribution in [0.25, 0.3) is 0 Å². The SMILES string of the molecule is Cc1nn(C(C)C)c(C)c1NC(C)c1cc(F)ccc1O. The van der Waals surface area contributed by atoms with Gasteiger partial charge in [-0.25, -0.2) is 4.39 Å². The third-order valence-electron chi connectivity index (χ3n) is 3.63. The molecule has 0 spiro atoms. The Morgan fingerprint density at radius 2 is 1.90 bits per heavy atom. The van der Waals surface area contributed by atoms with E-state index >= 15 is 0 Å². The second kappa shape index (κ2) is 5.76. The Labute approximate surface area is 124 Å². The number of benzene rings is 1. The van der Waals surface area contributed by atoms with E-state index in [9.17, 15) is 9.50 Å². The molecule has 1 heterocycles. The Kier molecular flexibility index (Phi) is 4.21. The summed E-state index contributed by atoms with van der Waals surface area (Å²) >= 11 is 0. The Bertz CT molecular complexity index is 649. The molecule has 1 atom stereocenters. The number of aromatic nitrogens is 2. The zero-order chi connectivity index (χ0) is 15.7. The van der Waals surface area contributed by atoms with Crippen LogP contribution in [0.5, 0.6) is 5.75 Å². The molecule has 1 unspecified atom stereocenters. The van der Waals surface area contributed by atoms with Crippen molar-refractivity contribution in [3.05, 3.63) is 41.0 Å². The fourth-order valence-electron chi connectivity index (χ4n) is 2.54. The normalized spacial score (nSPS) is 12.7. The van der Waals surface area contributed by atoms with Gasteiger partial charge in [0.05, 0.1) is 23.1 Å². The number of phenolic OH excluding ortho intramolecular Hbond substituents is 1. The van der Waals surface area contributed by atoms with E-state index < -0.39 is 0 Å². The monoisotopic (exact) mass is 291 g/mol. The highest BCUT2D eigenvalue weighted by molar-refractivity contribution is 5.54. The number of aromatic hydroxyl groups is 1. The maximum absolute atomic E-state index is 13.4. The lowest BCUT2D eigenvalue weighted by molar-refractivity contribution is 0.462. The number of aryl methyl sites for hydroxylation is 1. The van der Waals surface area contributed by atoms with Gasteiger partial charge >= 0.3 is 0 Å². The van der Waals surface area contributed by atoms with Crippen molar-refractivity contribution in [1.82, 2.24) is 9.78 Å². The lowest BCUT2D eigenvalue weighted by Crippen LogP contribution is -2.09. The summed E-state index contributed by atoms with van der Waals surface area (Å²) < 4.78 is 15.3. The molecule has 5 heteroatoms. The molecule has 21 heavy (non-hydrogen) atoms. The first-order valence-corrected chi connectivity index (χ1v) is 7.12. The second-order valence-electron chi connectivity index (χ2n) is 5.65. The van der Waals surface area contributed by atoms with Gasteiger partial charge < -0.3 is 10.4 Å². The zero-order valence-corrected chi connectivity index (χ0v) is 13.1. The second-order valence-corrected chi connectivity index (χ2v) is 5.65. The highest BCUT2D eigenvalue weighted by Crippen LogP contribution is 2.30. The van der Waals surface area contributed by atoms with Crippen molar-refractivity contribution >= 4 is 5.69 Å². The smallest absolute Gasteiger partial charge is 0.123 e. The molecular formula is C16H22FN3O. The molecule has 2 aromatic rings. The number of anilines is 1. The van der Waals surface area contributed by atoms with E-state index in [0.29, 0.717) is 5.56 Å². The van der Waals surface area contributed by atoms with Crippen LogP contribution in [0.1, 0.15) is 49.8 Å². The van der Waals surface area contributed by atoms with Gasteiger partial charge in [-0.2, -0.15) is 5.10 Å². The van der Waals surface area contributed by atoms with Crippen molar-refractivity contribution in [3.8, 4) is 5.75 Å². The van der Waals surface area contributed by atoms with Gasteiger partial charge in [-0.15, -0.1) is 0 Å². The van der Waals surface area contributed by atoms with Crippen molar-refractivity contribution in [2.24, 2.45) is 0 Å². The highest BCUT2D eigenvalue weighted by Gasteiger charge is 2.17. The molecule has 0 fully saturated rings. The topological polar surface area (TPSA) is 50.1 Å². The number of phenols is 1. The number of nitrogens with zero attached hydrogens (tertiary/aromatic N) is 2. The van der Waals surface area contributed by atoms with Crippen LogP contribution in [0.2, 0.25) is 0 Å². The molecule has 2 rings (SSSR count). The summed E-state index contributed by atoms with van der Waals surface area (Å²) in [5.41, 5.74) is 3.39. The lowest BCUT2D eigenvalue weighted by atomic mass is 10.1. The molecule has 0 radical (unpaired) electrons. The van der Waals surface area contributed by atoms with Crippen molar-refractivity contribution < 1.29 is 9.50 Å². The Morgan fingerprint density at radius 1 is 1.24 bits per heavy atom. The minimum absolute atomic E-state index is 0.0861. The fraction of sp³-hybridized carbons (Fsp3) is 0.438. The predicted molar refractivity (Wildman–Crippen MR) is 82.2 cm³/mol. The number of halogens is 1. The van der Waals surface area contributed by atoms with Crippen LogP contribution >= 0.6 is 0 Å². The van der Waals surface area contributed by atoms with Crippen LogP contribution in [0.15, 0.2) is 18.2 Å². The molecule has 0 saturated heterocycles. The Morgan fingerprint density at radius 3 is 2.48 bits per heavy atom. The molecule has 2 N–H and O–H groups in total. The molecule has 0 aliphatic carbocycles. The fourth-order valence-corrected chi connectivity index (χ4v) is 2.54. The maximum Gasteiger partial charge on any atom is 0.123 e. The molecule has 0 bridgehead atoms. The largest absolute Gasteiger partial charge is 0.508 e. The van der Waals surface area contributed by atoms with Gasteiger partial charge in [-0.3, -0.25) is 4.68 Å². The van der Waals surface area contributed by atoms with Crippen LogP contribution in [0, 0.1) is 19.7 Å². The zero-order valence-electron chi connectivity index (χ0n) is 13.1. The highest BCUT2D eigenvalue weighted by atomic mass is 19.1. The van der Waals surface area contributed by atoms with Gasteiger partial charge in [0.25, 0.3) is 0 Å². The summed E-state index contributed by atoms with van der Waals surface area (Å²) in [6.45, 7) is 9.98. The minimum atomic E-state index is -0.359. The molecule has 1 aromatic heterocycles. The van der Waals surface area contributed by atoms with E-state index in [2.05, 4.69) is 24.3 Å².